The van der Waals surface area contributed by atoms with Crippen molar-refractivity contribution in [3.8, 4) is 0 Å². The molecule has 0 aliphatic carbocycles. The van der Waals surface area contributed by atoms with Crippen LogP contribution in [-0.2, 0) is 4.74 Å². The molecule has 24 heavy (non-hydrogen) atoms. The van der Waals surface area contributed by atoms with Crippen LogP contribution in [0.2, 0.25) is 0 Å². The van der Waals surface area contributed by atoms with E-state index in [0.29, 0.717) is 0 Å². The highest BCUT2D eigenvalue weighted by atomic mass is 79.9. The Morgan fingerprint density at radius 1 is 1.17 bits per heavy atom. The lowest BCUT2D eigenvalue weighted by molar-refractivity contribution is 0.0200. The van der Waals surface area contributed by atoms with Crippen molar-refractivity contribution >= 4 is 21.7 Å². The molecule has 4 rings (SSSR count). The number of hydrogen-bond acceptors (Lipinski definition) is 2. The summed E-state index contributed by atoms with van der Waals surface area (Å²) in [5.41, 5.74) is 1.56. The molecule has 0 spiro atoms. The summed E-state index contributed by atoms with van der Waals surface area (Å²) in [6.45, 7) is 2.13. The normalized spacial score (nSPS) is 30.7. The number of rotatable bonds is 4. The minimum Gasteiger partial charge on any atom is -0.362 e. The van der Waals surface area contributed by atoms with Gasteiger partial charge in [-0.1, -0.05) is 77.5 Å². The van der Waals surface area contributed by atoms with Crippen molar-refractivity contribution < 1.29 is 9.53 Å². The molecular weight excluding hydrogens is 364 g/mol. The zero-order valence-electron chi connectivity index (χ0n) is 13.5. The van der Waals surface area contributed by atoms with Crippen LogP contribution in [0.1, 0.15) is 35.2 Å². The van der Waals surface area contributed by atoms with Crippen molar-refractivity contribution in [1.82, 2.24) is 0 Å². The lowest BCUT2D eigenvalue weighted by Gasteiger charge is -2.33. The summed E-state index contributed by atoms with van der Waals surface area (Å²) in [5.74, 6) is 0.0478. The van der Waals surface area contributed by atoms with Crippen molar-refractivity contribution in [3.63, 3.8) is 0 Å². The molecule has 1 saturated heterocycles. The minimum atomic E-state index is -0.363. The number of Topliss-reactive ketones (excluding diaryl/α,β-unsaturated/α-hetero) is 1. The Labute approximate surface area is 150 Å². The molecular formula is C21H19BrO2. The summed E-state index contributed by atoms with van der Waals surface area (Å²) in [7, 11) is 0. The Hall–Kier alpha value is -1.71. The van der Waals surface area contributed by atoms with Crippen molar-refractivity contribution in [3.05, 3.63) is 82.3 Å². The third-order valence-corrected chi connectivity index (χ3v) is 5.78. The third kappa shape index (κ3) is 2.38. The summed E-state index contributed by atoms with van der Waals surface area (Å²) in [5, 5.41) is 0. The van der Waals surface area contributed by atoms with E-state index in [0.717, 1.165) is 16.5 Å². The van der Waals surface area contributed by atoms with Crippen LogP contribution in [0.3, 0.4) is 0 Å². The number of benzene rings is 2. The molecule has 2 nitrogen and oxygen atoms in total. The Balaban J connectivity index is 1.79. The molecule has 1 fully saturated rings. The lowest BCUT2D eigenvalue weighted by Crippen LogP contribution is -2.36. The fourth-order valence-electron chi connectivity index (χ4n) is 4.16. The van der Waals surface area contributed by atoms with Gasteiger partial charge in [-0.3, -0.25) is 4.79 Å². The first-order valence-electron chi connectivity index (χ1n) is 8.36. The maximum atomic E-state index is 13.3. The Morgan fingerprint density at radius 2 is 1.96 bits per heavy atom. The van der Waals surface area contributed by atoms with Crippen LogP contribution in [0.5, 0.6) is 0 Å². The molecule has 2 aliphatic rings. The molecule has 0 saturated carbocycles. The quantitative estimate of drug-likeness (QED) is 0.539. The summed E-state index contributed by atoms with van der Waals surface area (Å²) < 4.78 is 7.24. The number of hydrogen-bond donors (Lipinski definition) is 0. The molecule has 0 N–H and O–H groups in total. The Bertz CT molecular complexity index is 798. The zero-order chi connectivity index (χ0) is 16.7. The van der Waals surface area contributed by atoms with E-state index in [1.54, 1.807) is 0 Å². The molecule has 0 unspecified atom stereocenters. The largest absolute Gasteiger partial charge is 0.362 e. The summed E-state index contributed by atoms with van der Waals surface area (Å²) in [6, 6.07) is 18.0. The van der Waals surface area contributed by atoms with Crippen LogP contribution in [0.4, 0.5) is 0 Å². The van der Waals surface area contributed by atoms with Crippen molar-refractivity contribution in [1.29, 1.82) is 0 Å². The Kier molecular flexibility index (Phi) is 3.93. The fraction of sp³-hybridized carbons (Fsp3) is 0.286. The van der Waals surface area contributed by atoms with Gasteiger partial charge in [0.05, 0.1) is 17.6 Å². The molecule has 2 aromatic carbocycles. The lowest BCUT2D eigenvalue weighted by atomic mass is 9.68. The van der Waals surface area contributed by atoms with Gasteiger partial charge in [-0.2, -0.15) is 0 Å². The van der Waals surface area contributed by atoms with Crippen LogP contribution >= 0.6 is 15.9 Å². The van der Waals surface area contributed by atoms with Gasteiger partial charge in [0.25, 0.3) is 0 Å². The van der Waals surface area contributed by atoms with Crippen molar-refractivity contribution in [2.24, 2.45) is 5.92 Å². The fourth-order valence-corrected chi connectivity index (χ4v) is 4.56. The molecule has 0 aromatic heterocycles. The molecule has 2 aromatic rings. The first kappa shape index (κ1) is 15.8. The maximum absolute atomic E-state index is 13.3. The second-order valence-electron chi connectivity index (χ2n) is 6.54. The maximum Gasteiger partial charge on any atom is 0.169 e. The molecule has 2 aliphatic heterocycles. The van der Waals surface area contributed by atoms with E-state index in [2.05, 4.69) is 47.1 Å². The van der Waals surface area contributed by atoms with Gasteiger partial charge in [-0.25, -0.2) is 0 Å². The number of ether oxygens (including phenoxy) is 1. The number of fused-ring (bicyclic) bond motifs is 2. The average molecular weight is 383 g/mol. The average Bonchev–Trinajstić information content (AvgIpc) is 3.19. The summed E-state index contributed by atoms with van der Waals surface area (Å²) in [4.78, 5) is 13.3. The van der Waals surface area contributed by atoms with Crippen LogP contribution in [-0.4, -0.2) is 17.5 Å². The van der Waals surface area contributed by atoms with Crippen LogP contribution in [0.25, 0.3) is 0 Å². The van der Waals surface area contributed by atoms with Gasteiger partial charge in [0.15, 0.2) is 5.78 Å². The summed E-state index contributed by atoms with van der Waals surface area (Å²) in [6.07, 6.45) is 4.97. The van der Waals surface area contributed by atoms with E-state index in [1.165, 1.54) is 5.56 Å². The monoisotopic (exact) mass is 382 g/mol. The van der Waals surface area contributed by atoms with Gasteiger partial charge in [0, 0.05) is 16.0 Å². The third-order valence-electron chi connectivity index (χ3n) is 5.29. The topological polar surface area (TPSA) is 26.3 Å². The molecule has 0 amide bonds. The molecule has 122 valence electrons. The van der Waals surface area contributed by atoms with Crippen LogP contribution in [0.15, 0.2) is 71.2 Å². The van der Waals surface area contributed by atoms with E-state index >= 15 is 0 Å². The van der Waals surface area contributed by atoms with Gasteiger partial charge in [-0.05, 0) is 24.1 Å². The van der Waals surface area contributed by atoms with E-state index in [-0.39, 0.29) is 29.3 Å². The van der Waals surface area contributed by atoms with Crippen molar-refractivity contribution in [2.75, 3.05) is 0 Å². The Morgan fingerprint density at radius 3 is 2.67 bits per heavy atom. The van der Waals surface area contributed by atoms with Gasteiger partial charge >= 0.3 is 0 Å². The first-order valence-corrected chi connectivity index (χ1v) is 9.16. The molecule has 0 radical (unpaired) electrons. The summed E-state index contributed by atoms with van der Waals surface area (Å²) >= 11 is 3.47. The number of ketones is 1. The zero-order valence-corrected chi connectivity index (χ0v) is 15.1. The van der Waals surface area contributed by atoms with Crippen molar-refractivity contribution in [2.45, 2.75) is 31.0 Å². The van der Waals surface area contributed by atoms with Crippen LogP contribution in [0, 0.1) is 5.92 Å². The second kappa shape index (κ2) is 5.98. The van der Waals surface area contributed by atoms with E-state index in [9.17, 15) is 4.79 Å². The van der Waals surface area contributed by atoms with Gasteiger partial charge < -0.3 is 4.74 Å². The molecule has 4 atom stereocenters. The minimum absolute atomic E-state index is 0.0604. The van der Waals surface area contributed by atoms with Gasteiger partial charge in [0.1, 0.15) is 0 Å². The smallest absolute Gasteiger partial charge is 0.169 e. The number of carbonyl (C=O) groups is 1. The van der Waals surface area contributed by atoms with E-state index in [4.69, 9.17) is 4.74 Å². The first-order chi connectivity index (χ1) is 11.6. The predicted molar refractivity (Wildman–Crippen MR) is 98.2 cm³/mol. The van der Waals surface area contributed by atoms with Gasteiger partial charge in [0.2, 0.25) is 0 Å². The highest BCUT2D eigenvalue weighted by molar-refractivity contribution is 9.10. The second-order valence-corrected chi connectivity index (χ2v) is 7.45. The van der Waals surface area contributed by atoms with E-state index in [1.807, 2.05) is 42.5 Å². The molecule has 2 heterocycles. The van der Waals surface area contributed by atoms with Gasteiger partial charge in [-0.15, -0.1) is 0 Å². The highest BCUT2D eigenvalue weighted by Gasteiger charge is 2.58. The predicted octanol–water partition coefficient (Wildman–Crippen LogP) is 5.15. The SMILES string of the molecule is CC[C@@]12C=C[C@@H](O1)[C@@H](C(=O)c1cccc(Br)c1)[C@@H]2c1ccccc1. The molecule has 3 heteroatoms. The van der Waals surface area contributed by atoms with E-state index < -0.39 is 0 Å². The standard InChI is InChI=1S/C21H19BrO2/c1-2-21-12-11-17(24-21)18(19(21)14-7-4-3-5-8-14)20(23)15-9-6-10-16(22)13-15/h3-13,17-19H,2H2,1H3/t17-,18-,19+,21+/m1/s1. The van der Waals surface area contributed by atoms with Crippen LogP contribution < -0.4 is 0 Å². The number of halogens is 1. The number of carbonyl (C=O) groups excluding carboxylic acids is 1. The highest BCUT2D eigenvalue weighted by Crippen LogP contribution is 2.54. The molecule has 2 bridgehead atoms.